The van der Waals surface area contributed by atoms with Gasteiger partial charge in [-0.2, -0.15) is 0 Å². The zero-order chi connectivity index (χ0) is 20.8. The van der Waals surface area contributed by atoms with Gasteiger partial charge in [0.05, 0.1) is 11.1 Å². The lowest BCUT2D eigenvalue weighted by Gasteiger charge is -2.50. The second-order valence-corrected chi connectivity index (χ2v) is 8.92. The number of benzene rings is 3. The van der Waals surface area contributed by atoms with Crippen LogP contribution in [0.2, 0.25) is 0 Å². The third kappa shape index (κ3) is 2.76. The molecule has 1 fully saturated rings. The summed E-state index contributed by atoms with van der Waals surface area (Å²) in [7, 11) is 0. The first-order valence-electron chi connectivity index (χ1n) is 10.8. The van der Waals surface area contributed by atoms with Gasteiger partial charge in [-0.25, -0.2) is 4.79 Å². The molecule has 0 amide bonds. The van der Waals surface area contributed by atoms with Crippen LogP contribution >= 0.6 is 0 Å². The minimum absolute atomic E-state index is 0.0389. The molecule has 30 heavy (non-hydrogen) atoms. The lowest BCUT2D eigenvalue weighted by molar-refractivity contribution is 0.0734. The van der Waals surface area contributed by atoms with E-state index < -0.39 is 0 Å². The maximum absolute atomic E-state index is 12.4. The Morgan fingerprint density at radius 2 is 1.50 bits per heavy atom. The summed E-state index contributed by atoms with van der Waals surface area (Å²) in [6.45, 7) is 4.84. The van der Waals surface area contributed by atoms with E-state index in [2.05, 4.69) is 55.1 Å². The monoisotopic (exact) mass is 397 g/mol. The van der Waals surface area contributed by atoms with Crippen LogP contribution in [0.4, 0.5) is 11.4 Å². The number of hydrogen-bond acceptors (Lipinski definition) is 3. The van der Waals surface area contributed by atoms with Crippen molar-refractivity contribution in [3.8, 4) is 5.75 Å². The first-order chi connectivity index (χ1) is 14.5. The predicted molar refractivity (Wildman–Crippen MR) is 121 cm³/mol. The second-order valence-electron chi connectivity index (χ2n) is 8.92. The molecule has 1 heterocycles. The summed E-state index contributed by atoms with van der Waals surface area (Å²) in [5, 5.41) is 0. The van der Waals surface area contributed by atoms with Crippen molar-refractivity contribution in [2.45, 2.75) is 50.5 Å². The van der Waals surface area contributed by atoms with Crippen LogP contribution in [0, 0.1) is 0 Å². The fourth-order valence-electron chi connectivity index (χ4n) is 5.50. The van der Waals surface area contributed by atoms with Crippen LogP contribution in [0.15, 0.2) is 78.9 Å². The SMILES string of the molecule is CC12CCCCC1(C)N(c1ccc(OC(=O)c3ccccc3)cc1)c1ccccc12. The van der Waals surface area contributed by atoms with Gasteiger partial charge in [0, 0.05) is 16.8 Å². The molecule has 0 aromatic heterocycles. The molecule has 152 valence electrons. The lowest BCUT2D eigenvalue weighted by atomic mass is 9.61. The molecular formula is C27H27NO2. The summed E-state index contributed by atoms with van der Waals surface area (Å²) < 4.78 is 5.58. The molecule has 1 saturated carbocycles. The quantitative estimate of drug-likeness (QED) is 0.366. The molecule has 1 aliphatic carbocycles. The van der Waals surface area contributed by atoms with Crippen molar-refractivity contribution in [2.75, 3.05) is 4.90 Å². The summed E-state index contributed by atoms with van der Waals surface area (Å²) in [6, 6.07) is 25.9. The molecule has 0 bridgehead atoms. The van der Waals surface area contributed by atoms with E-state index in [1.165, 1.54) is 36.9 Å². The van der Waals surface area contributed by atoms with Crippen LogP contribution < -0.4 is 9.64 Å². The molecule has 2 aliphatic rings. The van der Waals surface area contributed by atoms with Gasteiger partial charge in [-0.3, -0.25) is 0 Å². The Labute approximate surface area is 178 Å². The van der Waals surface area contributed by atoms with E-state index in [1.54, 1.807) is 12.1 Å². The zero-order valence-corrected chi connectivity index (χ0v) is 17.6. The predicted octanol–water partition coefficient (Wildman–Crippen LogP) is 6.65. The highest BCUT2D eigenvalue weighted by atomic mass is 16.5. The third-order valence-corrected chi connectivity index (χ3v) is 7.33. The van der Waals surface area contributed by atoms with E-state index in [4.69, 9.17) is 4.74 Å². The Balaban J connectivity index is 1.47. The van der Waals surface area contributed by atoms with Crippen LogP contribution in [0.5, 0.6) is 5.75 Å². The average Bonchev–Trinajstić information content (AvgIpc) is 2.99. The molecule has 0 radical (unpaired) electrons. The van der Waals surface area contributed by atoms with E-state index in [0.29, 0.717) is 11.3 Å². The maximum atomic E-state index is 12.4. The number of carbonyl (C=O) groups excluding carboxylic acids is 1. The fraction of sp³-hybridized carbons (Fsp3) is 0.296. The fourth-order valence-corrected chi connectivity index (χ4v) is 5.50. The largest absolute Gasteiger partial charge is 0.423 e. The molecule has 1 aliphatic heterocycles. The van der Waals surface area contributed by atoms with Crippen LogP contribution in [0.1, 0.15) is 55.5 Å². The average molecular weight is 398 g/mol. The number of para-hydroxylation sites is 1. The smallest absolute Gasteiger partial charge is 0.343 e. The Morgan fingerprint density at radius 1 is 0.833 bits per heavy atom. The van der Waals surface area contributed by atoms with E-state index >= 15 is 0 Å². The van der Waals surface area contributed by atoms with Gasteiger partial charge in [0.15, 0.2) is 0 Å². The molecule has 0 spiro atoms. The Morgan fingerprint density at radius 3 is 2.27 bits per heavy atom. The van der Waals surface area contributed by atoms with Crippen molar-refractivity contribution in [3.63, 3.8) is 0 Å². The second kappa shape index (κ2) is 7.02. The van der Waals surface area contributed by atoms with Crippen LogP contribution in [-0.2, 0) is 5.41 Å². The van der Waals surface area contributed by atoms with Crippen molar-refractivity contribution in [1.82, 2.24) is 0 Å². The van der Waals surface area contributed by atoms with Gasteiger partial charge in [-0.05, 0) is 67.8 Å². The number of ether oxygens (including phenoxy) is 1. The Bertz CT molecular complexity index is 1080. The summed E-state index contributed by atoms with van der Waals surface area (Å²) in [5.74, 6) is 0.235. The highest BCUT2D eigenvalue weighted by Gasteiger charge is 2.57. The van der Waals surface area contributed by atoms with E-state index in [0.717, 1.165) is 5.69 Å². The van der Waals surface area contributed by atoms with Gasteiger partial charge in [0.25, 0.3) is 0 Å². The third-order valence-electron chi connectivity index (χ3n) is 7.33. The Hall–Kier alpha value is -3.07. The van der Waals surface area contributed by atoms with Gasteiger partial charge in [0.2, 0.25) is 0 Å². The van der Waals surface area contributed by atoms with Gasteiger partial charge >= 0.3 is 5.97 Å². The molecular weight excluding hydrogens is 370 g/mol. The van der Waals surface area contributed by atoms with Crippen molar-refractivity contribution < 1.29 is 9.53 Å². The molecule has 2 unspecified atom stereocenters. The van der Waals surface area contributed by atoms with Gasteiger partial charge in [-0.15, -0.1) is 0 Å². The van der Waals surface area contributed by atoms with Crippen molar-refractivity contribution in [3.05, 3.63) is 90.0 Å². The summed E-state index contributed by atoms with van der Waals surface area (Å²) in [4.78, 5) is 14.9. The molecule has 3 aromatic rings. The first kappa shape index (κ1) is 18.9. The number of rotatable bonds is 3. The molecule has 3 aromatic carbocycles. The van der Waals surface area contributed by atoms with Crippen molar-refractivity contribution in [1.29, 1.82) is 0 Å². The van der Waals surface area contributed by atoms with Gasteiger partial charge < -0.3 is 9.64 Å². The molecule has 2 atom stereocenters. The van der Waals surface area contributed by atoms with E-state index in [9.17, 15) is 4.79 Å². The zero-order valence-electron chi connectivity index (χ0n) is 17.6. The molecule has 0 N–H and O–H groups in total. The normalized spacial score (nSPS) is 24.8. The number of hydrogen-bond donors (Lipinski definition) is 0. The van der Waals surface area contributed by atoms with Crippen LogP contribution in [0.3, 0.4) is 0 Å². The Kier molecular flexibility index (Phi) is 4.43. The minimum atomic E-state index is -0.332. The van der Waals surface area contributed by atoms with Gasteiger partial charge in [-0.1, -0.05) is 56.2 Å². The van der Waals surface area contributed by atoms with Crippen molar-refractivity contribution >= 4 is 17.3 Å². The highest BCUT2D eigenvalue weighted by molar-refractivity contribution is 5.91. The molecule has 3 heteroatoms. The highest BCUT2D eigenvalue weighted by Crippen LogP contribution is 2.60. The van der Waals surface area contributed by atoms with Gasteiger partial charge in [0.1, 0.15) is 5.75 Å². The van der Waals surface area contributed by atoms with E-state index in [1.807, 2.05) is 30.3 Å². The topological polar surface area (TPSA) is 29.5 Å². The van der Waals surface area contributed by atoms with Crippen molar-refractivity contribution in [2.24, 2.45) is 0 Å². The van der Waals surface area contributed by atoms with Crippen LogP contribution in [0.25, 0.3) is 0 Å². The summed E-state index contributed by atoms with van der Waals surface area (Å²) >= 11 is 0. The number of fused-ring (bicyclic) bond motifs is 3. The van der Waals surface area contributed by atoms with E-state index in [-0.39, 0.29) is 16.9 Å². The summed E-state index contributed by atoms with van der Waals surface area (Å²) in [6.07, 6.45) is 4.92. The lowest BCUT2D eigenvalue weighted by Crippen LogP contribution is -2.54. The molecule has 5 rings (SSSR count). The first-order valence-corrected chi connectivity index (χ1v) is 10.8. The van der Waals surface area contributed by atoms with Crippen LogP contribution in [-0.4, -0.2) is 11.5 Å². The minimum Gasteiger partial charge on any atom is -0.423 e. The molecule has 0 saturated heterocycles. The standard InChI is InChI=1S/C27H27NO2/c1-26-18-8-9-19-27(26,2)28(24-13-7-6-12-23(24)26)21-14-16-22(17-15-21)30-25(29)20-10-4-3-5-11-20/h3-7,10-17H,8-9,18-19H2,1-2H3. The maximum Gasteiger partial charge on any atom is 0.343 e. The number of nitrogens with zero attached hydrogens (tertiary/aromatic N) is 1. The number of anilines is 2. The summed E-state index contributed by atoms with van der Waals surface area (Å²) in [5.41, 5.74) is 4.64. The molecule has 3 nitrogen and oxygen atoms in total. The number of esters is 1. The number of carbonyl (C=O) groups is 1.